The van der Waals surface area contributed by atoms with Gasteiger partial charge < -0.3 is 10.6 Å². The summed E-state index contributed by atoms with van der Waals surface area (Å²) in [5.41, 5.74) is -0.0662. The summed E-state index contributed by atoms with van der Waals surface area (Å²) in [6.45, 7) is 0.377. The first-order valence-corrected chi connectivity index (χ1v) is 6.62. The van der Waals surface area contributed by atoms with Crippen LogP contribution in [0.5, 0.6) is 0 Å². The lowest BCUT2D eigenvalue weighted by molar-refractivity contribution is -0.385. The van der Waals surface area contributed by atoms with Crippen LogP contribution in [0.2, 0.25) is 0 Å². The minimum atomic E-state index is -0.581. The predicted octanol–water partition coefficient (Wildman–Crippen LogP) is 2.02. The molecule has 0 unspecified atom stereocenters. The highest BCUT2D eigenvalue weighted by molar-refractivity contribution is 7.09. The summed E-state index contributed by atoms with van der Waals surface area (Å²) in [6.07, 6.45) is 1.11. The molecular weight excluding hydrogens is 280 g/mol. The number of rotatable bonds is 5. The summed E-state index contributed by atoms with van der Waals surface area (Å²) in [4.78, 5) is 27.1. The van der Waals surface area contributed by atoms with E-state index < -0.39 is 10.8 Å². The van der Waals surface area contributed by atoms with E-state index in [-0.39, 0.29) is 11.3 Å². The number of hydrogen-bond acceptors (Lipinski definition) is 6. The third-order valence-corrected chi connectivity index (χ3v) is 3.45. The van der Waals surface area contributed by atoms with Crippen molar-refractivity contribution in [2.24, 2.45) is 0 Å². The average Bonchev–Trinajstić information content (AvgIpc) is 2.97. The molecule has 0 bridgehead atoms. The largest absolute Gasteiger partial charge is 0.372 e. The summed E-state index contributed by atoms with van der Waals surface area (Å²) in [6, 6.07) is 5.00. The number of carbonyl (C=O) groups is 1. The second kappa shape index (κ2) is 6.11. The number of nitrogens with zero attached hydrogens (tertiary/aromatic N) is 2. The molecule has 0 aromatic carbocycles. The van der Waals surface area contributed by atoms with Crippen molar-refractivity contribution in [1.82, 2.24) is 10.3 Å². The summed E-state index contributed by atoms with van der Waals surface area (Å²) < 4.78 is 0. The normalized spacial score (nSPS) is 10.1. The molecule has 0 fully saturated rings. The third kappa shape index (κ3) is 3.09. The van der Waals surface area contributed by atoms with Crippen molar-refractivity contribution in [2.45, 2.75) is 6.54 Å². The summed E-state index contributed by atoms with van der Waals surface area (Å²) >= 11 is 1.52. The van der Waals surface area contributed by atoms with Crippen LogP contribution in [0.4, 0.5) is 11.5 Å². The summed E-state index contributed by atoms with van der Waals surface area (Å²) in [5.74, 6) is -0.0989. The molecule has 1 amide bonds. The molecule has 2 rings (SSSR count). The zero-order chi connectivity index (χ0) is 14.5. The van der Waals surface area contributed by atoms with Crippen molar-refractivity contribution in [1.29, 1.82) is 0 Å². The molecule has 2 aromatic rings. The molecule has 0 atom stereocenters. The van der Waals surface area contributed by atoms with Gasteiger partial charge in [0.1, 0.15) is 12.0 Å². The summed E-state index contributed by atoms with van der Waals surface area (Å²) in [7, 11) is 1.60. The Morgan fingerprint density at radius 2 is 2.35 bits per heavy atom. The van der Waals surface area contributed by atoms with E-state index in [0.717, 1.165) is 11.1 Å². The molecule has 104 valence electrons. The van der Waals surface area contributed by atoms with Gasteiger partial charge in [0.2, 0.25) is 0 Å². The smallest absolute Gasteiger partial charge is 0.288 e. The minimum Gasteiger partial charge on any atom is -0.372 e. The van der Waals surface area contributed by atoms with Gasteiger partial charge in [-0.05, 0) is 11.4 Å². The summed E-state index contributed by atoms with van der Waals surface area (Å²) in [5, 5.41) is 18.1. The molecule has 2 N–H and O–H groups in total. The highest BCUT2D eigenvalue weighted by Gasteiger charge is 2.17. The van der Waals surface area contributed by atoms with Gasteiger partial charge in [0.05, 0.1) is 17.0 Å². The molecule has 0 aliphatic carbocycles. The van der Waals surface area contributed by atoms with Crippen LogP contribution in [-0.4, -0.2) is 22.9 Å². The second-order valence-electron chi connectivity index (χ2n) is 3.86. The van der Waals surface area contributed by atoms with E-state index >= 15 is 0 Å². The lowest BCUT2D eigenvalue weighted by Crippen LogP contribution is -2.23. The van der Waals surface area contributed by atoms with Gasteiger partial charge in [0, 0.05) is 18.0 Å². The molecule has 0 aliphatic heterocycles. The minimum absolute atomic E-state index is 0.151. The number of nitro groups is 1. The maximum absolute atomic E-state index is 12.1. The number of aromatic nitrogens is 1. The quantitative estimate of drug-likeness (QED) is 0.649. The van der Waals surface area contributed by atoms with Crippen molar-refractivity contribution in [3.8, 4) is 0 Å². The lowest BCUT2D eigenvalue weighted by Gasteiger charge is -2.08. The first-order chi connectivity index (χ1) is 9.61. The Bertz CT molecular complexity index is 628. The molecule has 0 saturated carbocycles. The van der Waals surface area contributed by atoms with E-state index in [1.807, 2.05) is 17.5 Å². The van der Waals surface area contributed by atoms with E-state index in [1.165, 1.54) is 17.4 Å². The molecule has 7 nitrogen and oxygen atoms in total. The molecule has 0 spiro atoms. The Labute approximate surface area is 118 Å². The lowest BCUT2D eigenvalue weighted by atomic mass is 10.2. The molecular formula is C12H12N4O3S. The van der Waals surface area contributed by atoms with Gasteiger partial charge >= 0.3 is 0 Å². The Balaban J connectivity index is 2.18. The average molecular weight is 292 g/mol. The van der Waals surface area contributed by atoms with Gasteiger partial charge in [-0.1, -0.05) is 6.07 Å². The predicted molar refractivity (Wildman–Crippen MR) is 75.9 cm³/mol. The van der Waals surface area contributed by atoms with Gasteiger partial charge in [-0.2, -0.15) is 0 Å². The van der Waals surface area contributed by atoms with E-state index in [0.29, 0.717) is 12.4 Å². The maximum Gasteiger partial charge on any atom is 0.288 e. The molecule has 8 heteroatoms. The van der Waals surface area contributed by atoms with Gasteiger partial charge in [0.15, 0.2) is 0 Å². The monoisotopic (exact) mass is 292 g/mol. The standard InChI is InChI=1S/C12H12N4O3S/c1-13-11-10(5-8(6-14-11)16(18)19)12(17)15-7-9-3-2-4-20-9/h2-6H,7H2,1H3,(H,13,14)(H,15,17). The zero-order valence-corrected chi connectivity index (χ0v) is 11.4. The van der Waals surface area contributed by atoms with Crippen LogP contribution in [0.25, 0.3) is 0 Å². The van der Waals surface area contributed by atoms with Crippen LogP contribution < -0.4 is 10.6 Å². The molecule has 2 aromatic heterocycles. The molecule has 0 aliphatic rings. The first kappa shape index (κ1) is 13.9. The van der Waals surface area contributed by atoms with Gasteiger partial charge in [0.25, 0.3) is 11.6 Å². The van der Waals surface area contributed by atoms with E-state index in [9.17, 15) is 14.9 Å². The van der Waals surface area contributed by atoms with Gasteiger partial charge in [-0.15, -0.1) is 11.3 Å². The molecule has 0 radical (unpaired) electrons. The number of pyridine rings is 1. The van der Waals surface area contributed by atoms with Gasteiger partial charge in [-0.25, -0.2) is 4.98 Å². The Kier molecular flexibility index (Phi) is 4.26. The Hall–Kier alpha value is -2.48. The first-order valence-electron chi connectivity index (χ1n) is 5.74. The van der Waals surface area contributed by atoms with E-state index in [1.54, 1.807) is 7.05 Å². The third-order valence-electron chi connectivity index (χ3n) is 2.57. The number of thiophene rings is 1. The topological polar surface area (TPSA) is 97.2 Å². The highest BCUT2D eigenvalue weighted by Crippen LogP contribution is 2.19. The van der Waals surface area contributed by atoms with Crippen molar-refractivity contribution in [3.63, 3.8) is 0 Å². The van der Waals surface area contributed by atoms with Crippen LogP contribution in [0, 0.1) is 10.1 Å². The van der Waals surface area contributed by atoms with E-state index in [4.69, 9.17) is 0 Å². The van der Waals surface area contributed by atoms with E-state index in [2.05, 4.69) is 15.6 Å². The number of nitrogens with one attached hydrogen (secondary N) is 2. The second-order valence-corrected chi connectivity index (χ2v) is 4.89. The van der Waals surface area contributed by atoms with Crippen LogP contribution in [0.3, 0.4) is 0 Å². The van der Waals surface area contributed by atoms with Crippen LogP contribution in [0.15, 0.2) is 29.8 Å². The molecule has 20 heavy (non-hydrogen) atoms. The zero-order valence-electron chi connectivity index (χ0n) is 10.6. The van der Waals surface area contributed by atoms with Crippen molar-refractivity contribution in [2.75, 3.05) is 12.4 Å². The maximum atomic E-state index is 12.1. The van der Waals surface area contributed by atoms with Crippen molar-refractivity contribution < 1.29 is 9.72 Å². The Morgan fingerprint density at radius 3 is 2.95 bits per heavy atom. The van der Waals surface area contributed by atoms with Crippen molar-refractivity contribution >= 4 is 28.7 Å². The van der Waals surface area contributed by atoms with Crippen LogP contribution >= 0.6 is 11.3 Å². The Morgan fingerprint density at radius 1 is 1.55 bits per heavy atom. The SMILES string of the molecule is CNc1ncc([N+](=O)[O-])cc1C(=O)NCc1cccs1. The number of amides is 1. The highest BCUT2D eigenvalue weighted by atomic mass is 32.1. The molecule has 2 heterocycles. The van der Waals surface area contributed by atoms with Crippen LogP contribution in [-0.2, 0) is 6.54 Å². The van der Waals surface area contributed by atoms with Gasteiger partial charge in [-0.3, -0.25) is 14.9 Å². The van der Waals surface area contributed by atoms with Crippen LogP contribution in [0.1, 0.15) is 15.2 Å². The fraction of sp³-hybridized carbons (Fsp3) is 0.167. The fourth-order valence-electron chi connectivity index (χ4n) is 1.60. The van der Waals surface area contributed by atoms with Crippen molar-refractivity contribution in [3.05, 3.63) is 50.3 Å². The number of hydrogen-bond donors (Lipinski definition) is 2. The molecule has 0 saturated heterocycles. The number of anilines is 1. The fourth-order valence-corrected chi connectivity index (χ4v) is 2.25. The number of carbonyl (C=O) groups excluding carboxylic acids is 1.